The number of benzene rings is 1. The van der Waals surface area contributed by atoms with E-state index in [-0.39, 0.29) is 5.69 Å². The summed E-state index contributed by atoms with van der Waals surface area (Å²) in [6.45, 7) is 2.04. The zero-order chi connectivity index (χ0) is 16.4. The van der Waals surface area contributed by atoms with E-state index in [9.17, 15) is 9.59 Å². The first-order valence-electron chi connectivity index (χ1n) is 7.20. The van der Waals surface area contributed by atoms with Gasteiger partial charge < -0.3 is 0 Å². The Labute approximate surface area is 136 Å². The first-order valence-corrected chi connectivity index (χ1v) is 8.01. The van der Waals surface area contributed by atoms with Gasteiger partial charge >= 0.3 is 0 Å². The standard InChI is InChI=1S/C15H15N5O2S/c1-3-6-11-17-18-15(23-11)16-14(22)12-13(21)9-7-4-5-8-10(9)20(2)19-12/h4-5,7-8H,3,6H2,1-2H3,(H,16,18,22). The Hall–Kier alpha value is -2.61. The Morgan fingerprint density at radius 3 is 2.87 bits per heavy atom. The van der Waals surface area contributed by atoms with Crippen LogP contribution < -0.4 is 10.7 Å². The van der Waals surface area contributed by atoms with E-state index in [2.05, 4.69) is 20.6 Å². The van der Waals surface area contributed by atoms with Crippen LogP contribution in [0.25, 0.3) is 10.9 Å². The Balaban J connectivity index is 1.94. The maximum atomic E-state index is 12.5. The van der Waals surface area contributed by atoms with Crippen molar-refractivity contribution in [2.24, 2.45) is 7.05 Å². The van der Waals surface area contributed by atoms with Crippen molar-refractivity contribution in [3.8, 4) is 0 Å². The first kappa shape index (κ1) is 15.3. The number of fused-ring (bicyclic) bond motifs is 1. The monoisotopic (exact) mass is 329 g/mol. The van der Waals surface area contributed by atoms with Gasteiger partial charge in [-0.05, 0) is 18.6 Å². The van der Waals surface area contributed by atoms with Crippen molar-refractivity contribution in [2.75, 3.05) is 5.32 Å². The van der Waals surface area contributed by atoms with E-state index in [0.29, 0.717) is 16.0 Å². The molecule has 3 aromatic rings. The molecular formula is C15H15N5O2S. The Morgan fingerprint density at radius 2 is 2.09 bits per heavy atom. The summed E-state index contributed by atoms with van der Waals surface area (Å²) >= 11 is 1.30. The summed E-state index contributed by atoms with van der Waals surface area (Å²) in [5.74, 6) is -0.574. The highest BCUT2D eigenvalue weighted by molar-refractivity contribution is 7.15. The summed E-state index contributed by atoms with van der Waals surface area (Å²) in [6.07, 6.45) is 1.76. The number of carbonyl (C=O) groups is 1. The number of para-hydroxylation sites is 1. The van der Waals surface area contributed by atoms with Gasteiger partial charge in [0.1, 0.15) is 5.01 Å². The smallest absolute Gasteiger partial charge is 0.282 e. The minimum atomic E-state index is -0.574. The van der Waals surface area contributed by atoms with E-state index in [4.69, 9.17) is 0 Å². The van der Waals surface area contributed by atoms with E-state index in [1.54, 1.807) is 25.2 Å². The third-order valence-electron chi connectivity index (χ3n) is 3.33. The predicted octanol–water partition coefficient (Wildman–Crippen LogP) is 1.99. The van der Waals surface area contributed by atoms with Crippen LogP contribution in [0.2, 0.25) is 0 Å². The fourth-order valence-electron chi connectivity index (χ4n) is 2.25. The lowest BCUT2D eigenvalue weighted by Gasteiger charge is -2.06. The molecule has 7 nitrogen and oxygen atoms in total. The second kappa shape index (κ2) is 6.25. The molecule has 2 heterocycles. The van der Waals surface area contributed by atoms with E-state index in [1.165, 1.54) is 16.0 Å². The fourth-order valence-corrected chi connectivity index (χ4v) is 3.08. The van der Waals surface area contributed by atoms with Crippen LogP contribution >= 0.6 is 11.3 Å². The summed E-state index contributed by atoms with van der Waals surface area (Å²) < 4.78 is 1.52. The molecule has 1 N–H and O–H groups in total. The van der Waals surface area contributed by atoms with Crippen LogP contribution in [0.15, 0.2) is 29.1 Å². The third kappa shape index (κ3) is 2.98. The summed E-state index contributed by atoms with van der Waals surface area (Å²) in [5, 5.41) is 16.3. The molecular weight excluding hydrogens is 314 g/mol. The highest BCUT2D eigenvalue weighted by Crippen LogP contribution is 2.17. The molecule has 0 spiro atoms. The van der Waals surface area contributed by atoms with Crippen LogP contribution in [0.1, 0.15) is 28.8 Å². The summed E-state index contributed by atoms with van der Waals surface area (Å²) in [5.41, 5.74) is 0.128. The summed E-state index contributed by atoms with van der Waals surface area (Å²) in [7, 11) is 1.70. The Bertz CT molecular complexity index is 931. The topological polar surface area (TPSA) is 89.8 Å². The molecule has 23 heavy (non-hydrogen) atoms. The Kier molecular flexibility index (Phi) is 4.16. The number of carbonyl (C=O) groups excluding carboxylic acids is 1. The third-order valence-corrected chi connectivity index (χ3v) is 4.23. The molecule has 0 unspecified atom stereocenters. The van der Waals surface area contributed by atoms with Crippen LogP contribution in [0.4, 0.5) is 5.13 Å². The SMILES string of the molecule is CCCc1nnc(NC(=O)c2nn(C)c3ccccc3c2=O)s1. The molecule has 1 amide bonds. The van der Waals surface area contributed by atoms with Gasteiger partial charge in [-0.15, -0.1) is 10.2 Å². The van der Waals surface area contributed by atoms with Gasteiger partial charge in [-0.3, -0.25) is 19.6 Å². The van der Waals surface area contributed by atoms with Gasteiger partial charge in [0.15, 0.2) is 5.69 Å². The lowest BCUT2D eigenvalue weighted by Crippen LogP contribution is -2.26. The number of anilines is 1. The fraction of sp³-hybridized carbons (Fsp3) is 0.267. The number of nitrogens with one attached hydrogen (secondary N) is 1. The van der Waals surface area contributed by atoms with Gasteiger partial charge in [0, 0.05) is 18.9 Å². The molecule has 2 aromatic heterocycles. The first-order chi connectivity index (χ1) is 11.1. The van der Waals surface area contributed by atoms with Crippen LogP contribution in [-0.2, 0) is 13.5 Å². The minimum Gasteiger partial charge on any atom is -0.295 e. The van der Waals surface area contributed by atoms with E-state index in [1.807, 2.05) is 13.0 Å². The van der Waals surface area contributed by atoms with Crippen molar-refractivity contribution < 1.29 is 4.79 Å². The van der Waals surface area contributed by atoms with Crippen molar-refractivity contribution in [1.82, 2.24) is 20.0 Å². The lowest BCUT2D eigenvalue weighted by atomic mass is 10.2. The average Bonchev–Trinajstić information content (AvgIpc) is 2.98. The molecule has 0 aliphatic carbocycles. The molecule has 0 bridgehead atoms. The molecule has 0 saturated heterocycles. The molecule has 8 heteroatoms. The van der Waals surface area contributed by atoms with Crippen LogP contribution in [0, 0.1) is 0 Å². The molecule has 118 valence electrons. The highest BCUT2D eigenvalue weighted by atomic mass is 32.1. The van der Waals surface area contributed by atoms with Crippen molar-refractivity contribution in [2.45, 2.75) is 19.8 Å². The maximum Gasteiger partial charge on any atom is 0.282 e. The predicted molar refractivity (Wildman–Crippen MR) is 88.8 cm³/mol. The lowest BCUT2D eigenvalue weighted by molar-refractivity contribution is 0.101. The number of hydrogen-bond donors (Lipinski definition) is 1. The molecule has 0 atom stereocenters. The van der Waals surface area contributed by atoms with Gasteiger partial charge in [0.05, 0.1) is 5.52 Å². The molecule has 0 saturated carbocycles. The highest BCUT2D eigenvalue weighted by Gasteiger charge is 2.18. The molecule has 0 aliphatic rings. The molecule has 0 aliphatic heterocycles. The van der Waals surface area contributed by atoms with Gasteiger partial charge in [-0.2, -0.15) is 5.10 Å². The van der Waals surface area contributed by atoms with Gasteiger partial charge in [-0.25, -0.2) is 0 Å². The average molecular weight is 329 g/mol. The van der Waals surface area contributed by atoms with Crippen LogP contribution in [-0.4, -0.2) is 25.9 Å². The number of nitrogens with zero attached hydrogens (tertiary/aromatic N) is 4. The maximum absolute atomic E-state index is 12.5. The van der Waals surface area contributed by atoms with Crippen molar-refractivity contribution in [3.63, 3.8) is 0 Å². The zero-order valence-corrected chi connectivity index (χ0v) is 13.6. The Morgan fingerprint density at radius 1 is 1.30 bits per heavy atom. The van der Waals surface area contributed by atoms with Crippen LogP contribution in [0.5, 0.6) is 0 Å². The molecule has 0 radical (unpaired) electrons. The van der Waals surface area contributed by atoms with E-state index >= 15 is 0 Å². The van der Waals surface area contributed by atoms with E-state index < -0.39 is 11.3 Å². The second-order valence-electron chi connectivity index (χ2n) is 5.02. The normalized spacial score (nSPS) is 10.9. The molecule has 3 rings (SSSR count). The van der Waals surface area contributed by atoms with Crippen LogP contribution in [0.3, 0.4) is 0 Å². The minimum absolute atomic E-state index is 0.154. The number of hydrogen-bond acceptors (Lipinski definition) is 6. The second-order valence-corrected chi connectivity index (χ2v) is 6.09. The largest absolute Gasteiger partial charge is 0.295 e. The van der Waals surface area contributed by atoms with Gasteiger partial charge in [0.25, 0.3) is 5.91 Å². The van der Waals surface area contributed by atoms with Gasteiger partial charge in [-0.1, -0.05) is 30.4 Å². The number of aromatic nitrogens is 4. The van der Waals surface area contributed by atoms with Crippen molar-refractivity contribution in [1.29, 1.82) is 0 Å². The molecule has 1 aromatic carbocycles. The number of amides is 1. The number of aryl methyl sites for hydroxylation is 2. The van der Waals surface area contributed by atoms with Crippen molar-refractivity contribution in [3.05, 3.63) is 45.2 Å². The number of rotatable bonds is 4. The zero-order valence-electron chi connectivity index (χ0n) is 12.7. The van der Waals surface area contributed by atoms with E-state index in [0.717, 1.165) is 17.8 Å². The quantitative estimate of drug-likeness (QED) is 0.790. The van der Waals surface area contributed by atoms with Gasteiger partial charge in [0.2, 0.25) is 10.6 Å². The van der Waals surface area contributed by atoms with Crippen molar-refractivity contribution >= 4 is 33.3 Å². The summed E-state index contributed by atoms with van der Waals surface area (Å²) in [6, 6.07) is 7.04. The summed E-state index contributed by atoms with van der Waals surface area (Å²) in [4.78, 5) is 24.8. The molecule has 0 fully saturated rings.